The first-order valence-electron chi connectivity index (χ1n) is 4.94. The third kappa shape index (κ3) is 3.98. The first-order valence-corrected chi connectivity index (χ1v) is 4.94. The molecule has 1 aromatic carbocycles. The Morgan fingerprint density at radius 3 is 2.60 bits per heavy atom. The summed E-state index contributed by atoms with van der Waals surface area (Å²) in [6.07, 6.45) is 0.423. The molecule has 0 N–H and O–H groups in total. The van der Waals surface area contributed by atoms with Crippen molar-refractivity contribution in [1.29, 1.82) is 0 Å². The maximum absolute atomic E-state index is 11.0. The number of Topliss-reactive ketones (excluding diaryl/α,β-unsaturated/α-hetero) is 1. The van der Waals surface area contributed by atoms with Crippen molar-refractivity contribution in [1.82, 2.24) is 0 Å². The van der Waals surface area contributed by atoms with E-state index in [1.54, 1.807) is 6.92 Å². The number of hydrogen-bond acceptors (Lipinski definition) is 2. The van der Waals surface area contributed by atoms with Gasteiger partial charge in [-0.1, -0.05) is 24.8 Å². The van der Waals surface area contributed by atoms with E-state index in [4.69, 9.17) is 4.74 Å². The Labute approximate surface area is 90.6 Å². The topological polar surface area (TPSA) is 26.3 Å². The smallest absolute Gasteiger partial charge is 0.134 e. The Kier molecular flexibility index (Phi) is 4.10. The van der Waals surface area contributed by atoms with E-state index < -0.39 is 0 Å². The molecule has 0 aliphatic carbocycles. The molecule has 0 saturated heterocycles. The normalized spacial score (nSPS) is 9.73. The molecule has 80 valence electrons. The van der Waals surface area contributed by atoms with Crippen molar-refractivity contribution in [3.8, 4) is 5.75 Å². The highest BCUT2D eigenvalue weighted by Crippen LogP contribution is 2.19. The van der Waals surface area contributed by atoms with Gasteiger partial charge in [0.05, 0.1) is 0 Å². The number of ketones is 1. The summed E-state index contributed by atoms with van der Waals surface area (Å²) in [5, 5.41) is 0. The minimum Gasteiger partial charge on any atom is -0.489 e. The van der Waals surface area contributed by atoms with E-state index in [9.17, 15) is 4.79 Å². The van der Waals surface area contributed by atoms with Gasteiger partial charge >= 0.3 is 0 Å². The van der Waals surface area contributed by atoms with Gasteiger partial charge in [-0.3, -0.25) is 4.79 Å². The van der Waals surface area contributed by atoms with Gasteiger partial charge in [0.25, 0.3) is 0 Å². The van der Waals surface area contributed by atoms with Gasteiger partial charge < -0.3 is 4.74 Å². The molecule has 0 spiro atoms. The van der Waals surface area contributed by atoms with Crippen molar-refractivity contribution in [3.05, 3.63) is 42.0 Å². The SMILES string of the molecule is C=C(C)COc1ccccc1CC(C)=O. The highest BCUT2D eigenvalue weighted by molar-refractivity contribution is 5.78. The monoisotopic (exact) mass is 204 g/mol. The van der Waals surface area contributed by atoms with Crippen molar-refractivity contribution in [2.24, 2.45) is 0 Å². The predicted octanol–water partition coefficient (Wildman–Crippen LogP) is 2.77. The summed E-state index contributed by atoms with van der Waals surface area (Å²) in [5.74, 6) is 0.914. The number of hydrogen-bond donors (Lipinski definition) is 0. The lowest BCUT2D eigenvalue weighted by atomic mass is 10.1. The molecule has 0 aromatic heterocycles. The number of ether oxygens (including phenoxy) is 1. The first kappa shape index (κ1) is 11.5. The fourth-order valence-electron chi connectivity index (χ4n) is 1.26. The first-order chi connectivity index (χ1) is 7.09. The van der Waals surface area contributed by atoms with Gasteiger partial charge in [-0.2, -0.15) is 0 Å². The van der Waals surface area contributed by atoms with E-state index in [0.717, 1.165) is 16.9 Å². The molecule has 0 amide bonds. The lowest BCUT2D eigenvalue weighted by Crippen LogP contribution is -2.03. The molecule has 0 radical (unpaired) electrons. The van der Waals surface area contributed by atoms with Gasteiger partial charge in [0.1, 0.15) is 18.1 Å². The Morgan fingerprint density at radius 1 is 1.33 bits per heavy atom. The average Bonchev–Trinajstić information content (AvgIpc) is 2.15. The zero-order valence-electron chi connectivity index (χ0n) is 9.25. The summed E-state index contributed by atoms with van der Waals surface area (Å²) in [6.45, 7) is 7.75. The van der Waals surface area contributed by atoms with Gasteiger partial charge in [0.15, 0.2) is 0 Å². The van der Waals surface area contributed by atoms with Gasteiger partial charge in [0, 0.05) is 12.0 Å². The Hall–Kier alpha value is -1.57. The molecule has 1 rings (SSSR count). The second-order valence-corrected chi connectivity index (χ2v) is 3.73. The highest BCUT2D eigenvalue weighted by Gasteiger charge is 2.04. The van der Waals surface area contributed by atoms with Crippen LogP contribution in [0.1, 0.15) is 19.4 Å². The van der Waals surface area contributed by atoms with E-state index in [1.165, 1.54) is 0 Å². The molecule has 0 aliphatic rings. The fourth-order valence-corrected chi connectivity index (χ4v) is 1.26. The molecule has 2 nitrogen and oxygen atoms in total. The van der Waals surface area contributed by atoms with Crippen molar-refractivity contribution < 1.29 is 9.53 Å². The molecule has 0 bridgehead atoms. The van der Waals surface area contributed by atoms with E-state index in [1.807, 2.05) is 31.2 Å². The van der Waals surface area contributed by atoms with Crippen molar-refractivity contribution in [2.75, 3.05) is 6.61 Å². The Bertz CT molecular complexity index is 367. The Balaban J connectivity index is 2.76. The van der Waals surface area contributed by atoms with Crippen molar-refractivity contribution >= 4 is 5.78 Å². The molecule has 0 fully saturated rings. The predicted molar refractivity (Wildman–Crippen MR) is 61.1 cm³/mol. The van der Waals surface area contributed by atoms with E-state index >= 15 is 0 Å². The third-order valence-electron chi connectivity index (χ3n) is 1.89. The molecule has 0 saturated carbocycles. The van der Waals surface area contributed by atoms with E-state index in [0.29, 0.717) is 13.0 Å². The summed E-state index contributed by atoms with van der Waals surface area (Å²) >= 11 is 0. The third-order valence-corrected chi connectivity index (χ3v) is 1.89. The van der Waals surface area contributed by atoms with Crippen molar-refractivity contribution in [3.63, 3.8) is 0 Å². The maximum Gasteiger partial charge on any atom is 0.134 e. The highest BCUT2D eigenvalue weighted by atomic mass is 16.5. The van der Waals surface area contributed by atoms with Crippen LogP contribution in [0.4, 0.5) is 0 Å². The number of benzene rings is 1. The van der Waals surface area contributed by atoms with Crippen LogP contribution < -0.4 is 4.74 Å². The lowest BCUT2D eigenvalue weighted by Gasteiger charge is -2.10. The van der Waals surface area contributed by atoms with Crippen LogP contribution in [0.3, 0.4) is 0 Å². The van der Waals surface area contributed by atoms with Gasteiger partial charge in [-0.15, -0.1) is 0 Å². The number of rotatable bonds is 5. The second-order valence-electron chi connectivity index (χ2n) is 3.73. The molecule has 0 aliphatic heterocycles. The van der Waals surface area contributed by atoms with Gasteiger partial charge in [0.2, 0.25) is 0 Å². The number of carbonyl (C=O) groups is 1. The summed E-state index contributed by atoms with van der Waals surface area (Å²) in [4.78, 5) is 11.0. The lowest BCUT2D eigenvalue weighted by molar-refractivity contribution is -0.116. The summed E-state index contributed by atoms with van der Waals surface area (Å²) in [6, 6.07) is 7.60. The summed E-state index contributed by atoms with van der Waals surface area (Å²) in [7, 11) is 0. The molecule has 15 heavy (non-hydrogen) atoms. The second kappa shape index (κ2) is 5.35. The zero-order chi connectivity index (χ0) is 11.3. The van der Waals surface area contributed by atoms with Crippen LogP contribution in [0.15, 0.2) is 36.4 Å². The molecule has 2 heteroatoms. The van der Waals surface area contributed by atoms with Gasteiger partial charge in [-0.05, 0) is 25.5 Å². The standard InChI is InChI=1S/C13H16O2/c1-10(2)9-15-13-7-5-4-6-12(13)8-11(3)14/h4-7H,1,8-9H2,2-3H3. The van der Waals surface area contributed by atoms with E-state index in [2.05, 4.69) is 6.58 Å². The molecule has 0 unspecified atom stereocenters. The molecule has 0 heterocycles. The number of para-hydroxylation sites is 1. The van der Waals surface area contributed by atoms with Crippen LogP contribution >= 0.6 is 0 Å². The molecule has 1 aromatic rings. The van der Waals surface area contributed by atoms with Crippen LogP contribution in [0, 0.1) is 0 Å². The molecular formula is C13H16O2. The minimum absolute atomic E-state index is 0.140. The van der Waals surface area contributed by atoms with Crippen LogP contribution in [0.25, 0.3) is 0 Å². The minimum atomic E-state index is 0.140. The maximum atomic E-state index is 11.0. The van der Waals surface area contributed by atoms with Crippen LogP contribution in [0.2, 0.25) is 0 Å². The van der Waals surface area contributed by atoms with Crippen LogP contribution in [-0.2, 0) is 11.2 Å². The fraction of sp³-hybridized carbons (Fsp3) is 0.308. The molecular weight excluding hydrogens is 188 g/mol. The van der Waals surface area contributed by atoms with Crippen LogP contribution in [-0.4, -0.2) is 12.4 Å². The van der Waals surface area contributed by atoms with Crippen LogP contribution in [0.5, 0.6) is 5.75 Å². The summed E-state index contributed by atoms with van der Waals surface area (Å²) < 4.78 is 5.55. The van der Waals surface area contributed by atoms with Gasteiger partial charge in [-0.25, -0.2) is 0 Å². The Morgan fingerprint density at radius 2 is 2.00 bits per heavy atom. The average molecular weight is 204 g/mol. The zero-order valence-corrected chi connectivity index (χ0v) is 9.25. The quantitative estimate of drug-likeness (QED) is 0.689. The van der Waals surface area contributed by atoms with Crippen molar-refractivity contribution in [2.45, 2.75) is 20.3 Å². The number of carbonyl (C=O) groups excluding carboxylic acids is 1. The van der Waals surface area contributed by atoms with E-state index in [-0.39, 0.29) is 5.78 Å². The largest absolute Gasteiger partial charge is 0.489 e. The summed E-state index contributed by atoms with van der Waals surface area (Å²) in [5.41, 5.74) is 1.90. The molecule has 0 atom stereocenters.